The molecular formula is C18H18FN3OP2. The molecule has 0 fully saturated rings. The molecule has 4 nitrogen and oxygen atoms in total. The van der Waals surface area contributed by atoms with E-state index >= 15 is 0 Å². The Morgan fingerprint density at radius 1 is 1.24 bits per heavy atom. The summed E-state index contributed by atoms with van der Waals surface area (Å²) in [6, 6.07) is 13.2. The second-order valence-corrected chi connectivity index (χ2v) is 8.04. The van der Waals surface area contributed by atoms with E-state index in [1.165, 1.54) is 6.92 Å². The van der Waals surface area contributed by atoms with Crippen LogP contribution in [0.3, 0.4) is 0 Å². The highest BCUT2D eigenvalue weighted by Crippen LogP contribution is 2.30. The monoisotopic (exact) mass is 373 g/mol. The predicted molar refractivity (Wildman–Crippen MR) is 103 cm³/mol. The van der Waals surface area contributed by atoms with Gasteiger partial charge in [0, 0.05) is 18.8 Å². The summed E-state index contributed by atoms with van der Waals surface area (Å²) >= 11 is 0. The summed E-state index contributed by atoms with van der Waals surface area (Å²) in [5.41, 5.74) is 1.46. The largest absolute Gasteiger partial charge is 0.455 e. The SMILES string of the molecule is CC(P)c1nc(C#N)c2ccc(-c3ccc(OC(C)(F)P)cc3)cn12. The van der Waals surface area contributed by atoms with E-state index in [9.17, 15) is 9.65 Å². The van der Waals surface area contributed by atoms with Crippen molar-refractivity contribution in [3.63, 3.8) is 0 Å². The second-order valence-electron chi connectivity index (χ2n) is 6.00. The van der Waals surface area contributed by atoms with E-state index in [0.29, 0.717) is 11.4 Å². The molecule has 4 atom stereocenters. The van der Waals surface area contributed by atoms with Crippen molar-refractivity contribution in [2.45, 2.75) is 25.1 Å². The molecule has 3 rings (SSSR count). The van der Waals surface area contributed by atoms with Gasteiger partial charge >= 0.3 is 0 Å². The average Bonchev–Trinajstić information content (AvgIpc) is 2.92. The van der Waals surface area contributed by atoms with Crippen LogP contribution >= 0.6 is 18.5 Å². The summed E-state index contributed by atoms with van der Waals surface area (Å²) in [6.07, 6.45) is 1.96. The van der Waals surface area contributed by atoms with E-state index in [1.54, 1.807) is 12.1 Å². The molecule has 128 valence electrons. The zero-order chi connectivity index (χ0) is 18.2. The molecule has 0 saturated heterocycles. The van der Waals surface area contributed by atoms with Crippen LogP contribution < -0.4 is 4.74 Å². The first-order chi connectivity index (χ1) is 11.8. The number of fused-ring (bicyclic) bond motifs is 1. The lowest BCUT2D eigenvalue weighted by Crippen LogP contribution is -2.16. The van der Waals surface area contributed by atoms with E-state index in [-0.39, 0.29) is 5.66 Å². The average molecular weight is 373 g/mol. The molecule has 2 aromatic heterocycles. The van der Waals surface area contributed by atoms with Crippen LogP contribution in [0.4, 0.5) is 4.39 Å². The highest BCUT2D eigenvalue weighted by atomic mass is 31.0. The minimum atomic E-state index is -1.80. The number of benzene rings is 1. The lowest BCUT2D eigenvalue weighted by Gasteiger charge is -2.17. The molecule has 0 bridgehead atoms. The fraction of sp³-hybridized carbons (Fsp3) is 0.222. The molecule has 1 aromatic carbocycles. The molecule has 0 amide bonds. The van der Waals surface area contributed by atoms with Gasteiger partial charge < -0.3 is 9.14 Å². The summed E-state index contributed by atoms with van der Waals surface area (Å²) in [5, 5.41) is 9.26. The first-order valence-electron chi connectivity index (χ1n) is 7.73. The molecule has 0 saturated carbocycles. The van der Waals surface area contributed by atoms with Gasteiger partial charge in [-0.25, -0.2) is 4.98 Å². The fourth-order valence-electron chi connectivity index (χ4n) is 2.63. The Kier molecular flexibility index (Phi) is 4.78. The minimum Gasteiger partial charge on any atom is -0.455 e. The third kappa shape index (κ3) is 3.82. The van der Waals surface area contributed by atoms with Crippen molar-refractivity contribution >= 4 is 24.0 Å². The van der Waals surface area contributed by atoms with Crippen molar-refractivity contribution in [2.75, 3.05) is 0 Å². The Balaban J connectivity index is 2.02. The van der Waals surface area contributed by atoms with Crippen LogP contribution in [0.5, 0.6) is 5.75 Å². The molecule has 3 aromatic rings. The van der Waals surface area contributed by atoms with Gasteiger partial charge in [-0.1, -0.05) is 34.4 Å². The number of nitriles is 1. The highest BCUT2D eigenvalue weighted by Gasteiger charge is 2.17. The van der Waals surface area contributed by atoms with Crippen LogP contribution in [0.15, 0.2) is 42.6 Å². The number of hydrogen-bond donors (Lipinski definition) is 0. The maximum atomic E-state index is 13.5. The molecule has 0 N–H and O–H groups in total. The number of pyridine rings is 1. The van der Waals surface area contributed by atoms with Gasteiger partial charge in [0.1, 0.15) is 17.6 Å². The summed E-state index contributed by atoms with van der Waals surface area (Å²) in [6.45, 7) is 3.34. The van der Waals surface area contributed by atoms with Crippen molar-refractivity contribution in [1.82, 2.24) is 9.38 Å². The Morgan fingerprint density at radius 2 is 1.88 bits per heavy atom. The minimum absolute atomic E-state index is 0.116. The lowest BCUT2D eigenvalue weighted by molar-refractivity contribution is 0.0473. The van der Waals surface area contributed by atoms with Crippen LogP contribution in [0.2, 0.25) is 0 Å². The van der Waals surface area contributed by atoms with Gasteiger partial charge in [0.05, 0.1) is 5.52 Å². The maximum absolute atomic E-state index is 13.5. The Bertz CT molecular complexity index is 953. The van der Waals surface area contributed by atoms with Crippen LogP contribution in [0.25, 0.3) is 16.6 Å². The standard InChI is InChI=1S/C18H18FN3OP2/c1-11(24)17-21-15(9-20)16-8-5-13(10-22(16)17)12-3-6-14(7-4-12)23-18(2,19)25/h3-8,10-11H,24-25H2,1-2H3. The predicted octanol–water partition coefficient (Wildman–Crippen LogP) is 4.71. The molecule has 4 unspecified atom stereocenters. The molecule has 0 radical (unpaired) electrons. The molecule has 0 aliphatic rings. The van der Waals surface area contributed by atoms with Gasteiger partial charge in [0.15, 0.2) is 5.69 Å². The van der Waals surface area contributed by atoms with Crippen molar-refractivity contribution in [1.29, 1.82) is 5.26 Å². The van der Waals surface area contributed by atoms with Crippen molar-refractivity contribution in [3.05, 3.63) is 54.1 Å². The highest BCUT2D eigenvalue weighted by molar-refractivity contribution is 7.18. The number of halogens is 1. The topological polar surface area (TPSA) is 50.3 Å². The Hall–Kier alpha value is -2.01. The Morgan fingerprint density at radius 3 is 2.44 bits per heavy atom. The van der Waals surface area contributed by atoms with Crippen LogP contribution in [-0.4, -0.2) is 15.0 Å². The number of alkyl halides is 1. The molecular weight excluding hydrogens is 355 g/mol. The van der Waals surface area contributed by atoms with Crippen molar-refractivity contribution < 1.29 is 9.13 Å². The van der Waals surface area contributed by atoms with Gasteiger partial charge in [-0.15, -0.1) is 9.24 Å². The van der Waals surface area contributed by atoms with Crippen LogP contribution in [0.1, 0.15) is 31.0 Å². The van der Waals surface area contributed by atoms with E-state index in [4.69, 9.17) is 4.74 Å². The van der Waals surface area contributed by atoms with Crippen LogP contribution in [0, 0.1) is 11.3 Å². The normalized spacial score (nSPS) is 14.7. The van der Waals surface area contributed by atoms with Gasteiger partial charge in [-0.05, 0) is 29.3 Å². The zero-order valence-electron chi connectivity index (χ0n) is 13.9. The third-order valence-electron chi connectivity index (χ3n) is 3.68. The number of hydrogen-bond acceptors (Lipinski definition) is 3. The summed E-state index contributed by atoms with van der Waals surface area (Å²) in [5.74, 6) is 1.27. The van der Waals surface area contributed by atoms with E-state index in [0.717, 1.165) is 22.5 Å². The molecule has 0 aliphatic carbocycles. The van der Waals surface area contributed by atoms with E-state index in [1.807, 2.05) is 51.0 Å². The molecule has 0 spiro atoms. The third-order valence-corrected chi connectivity index (χ3v) is 4.10. The van der Waals surface area contributed by atoms with Crippen molar-refractivity contribution in [3.8, 4) is 22.9 Å². The van der Waals surface area contributed by atoms with Gasteiger partial charge in [-0.2, -0.15) is 9.65 Å². The van der Waals surface area contributed by atoms with E-state index < -0.39 is 5.60 Å². The van der Waals surface area contributed by atoms with E-state index in [2.05, 4.69) is 20.3 Å². The molecule has 2 heterocycles. The number of rotatable bonds is 4. The van der Waals surface area contributed by atoms with Crippen molar-refractivity contribution in [2.24, 2.45) is 0 Å². The lowest BCUT2D eigenvalue weighted by atomic mass is 10.1. The zero-order valence-corrected chi connectivity index (χ0v) is 16.2. The fourth-order valence-corrected chi connectivity index (χ4v) is 3.00. The summed E-state index contributed by atoms with van der Waals surface area (Å²) in [4.78, 5) is 4.41. The smallest absolute Gasteiger partial charge is 0.256 e. The number of aromatic nitrogens is 2. The Labute approximate surface area is 150 Å². The number of imidazole rings is 1. The number of nitrogens with zero attached hydrogens (tertiary/aromatic N) is 3. The molecule has 7 heteroatoms. The number of ether oxygens (including phenoxy) is 1. The second kappa shape index (κ2) is 6.71. The van der Waals surface area contributed by atoms with Gasteiger partial charge in [-0.3, -0.25) is 0 Å². The van der Waals surface area contributed by atoms with Gasteiger partial charge in [0.2, 0.25) is 0 Å². The summed E-state index contributed by atoms with van der Waals surface area (Å²) in [7, 11) is 4.71. The summed E-state index contributed by atoms with van der Waals surface area (Å²) < 4.78 is 20.6. The molecule has 0 aliphatic heterocycles. The van der Waals surface area contributed by atoms with Gasteiger partial charge in [0.25, 0.3) is 5.60 Å². The van der Waals surface area contributed by atoms with Crippen LogP contribution in [-0.2, 0) is 0 Å². The quantitative estimate of drug-likeness (QED) is 0.623. The molecule has 25 heavy (non-hydrogen) atoms. The maximum Gasteiger partial charge on any atom is 0.256 e. The first kappa shape index (κ1) is 17.8. The first-order valence-corrected chi connectivity index (χ1v) is 8.98.